The van der Waals surface area contributed by atoms with Crippen molar-refractivity contribution in [2.75, 3.05) is 5.32 Å². The fourth-order valence-electron chi connectivity index (χ4n) is 2.42. The first-order valence-electron chi connectivity index (χ1n) is 7.81. The van der Waals surface area contributed by atoms with Crippen LogP contribution in [0.2, 0.25) is 0 Å². The Kier molecular flexibility index (Phi) is 4.96. The fraction of sp³-hybridized carbons (Fsp3) is 0.118. The number of anilines is 1. The Morgan fingerprint density at radius 1 is 1.44 bits per heavy atom. The fourth-order valence-corrected chi connectivity index (χ4v) is 4.03. The zero-order chi connectivity index (χ0) is 19.8. The molecule has 0 spiro atoms. The summed E-state index contributed by atoms with van der Waals surface area (Å²) in [5.41, 5.74) is 2.04. The Labute approximate surface area is 163 Å². The number of nitrogens with one attached hydrogen (secondary N) is 1. The predicted octanol–water partition coefficient (Wildman–Crippen LogP) is 3.08. The third-order valence-electron chi connectivity index (χ3n) is 3.89. The molecule has 0 radical (unpaired) electrons. The molecule has 0 aliphatic rings. The molecular formula is C17H21N5O3S2. The van der Waals surface area contributed by atoms with Crippen LogP contribution in [0.3, 0.4) is 0 Å². The minimum absolute atomic E-state index is 0. The number of sulfonamides is 1. The predicted molar refractivity (Wildman–Crippen MR) is 109 cm³/mol. The molecule has 144 valence electrons. The molecule has 0 atom stereocenters. The van der Waals surface area contributed by atoms with Crippen molar-refractivity contribution in [1.82, 2.24) is 14.6 Å². The second-order valence-corrected chi connectivity index (χ2v) is 8.25. The quantitative estimate of drug-likeness (QED) is 0.630. The molecule has 0 aromatic carbocycles. The molecule has 3 aromatic heterocycles. The molecule has 3 aromatic rings. The summed E-state index contributed by atoms with van der Waals surface area (Å²) in [5.74, 6) is -0.421. The van der Waals surface area contributed by atoms with Gasteiger partial charge in [0.1, 0.15) is 9.73 Å². The van der Waals surface area contributed by atoms with Crippen LogP contribution in [-0.4, -0.2) is 28.9 Å². The maximum atomic E-state index is 12.7. The Morgan fingerprint density at radius 2 is 2.19 bits per heavy atom. The average molecular weight is 408 g/mol. The minimum atomic E-state index is -3.92. The molecule has 3 N–H and O–H groups in total. The van der Waals surface area contributed by atoms with Crippen molar-refractivity contribution in [3.05, 3.63) is 59.5 Å². The maximum absolute atomic E-state index is 12.7. The van der Waals surface area contributed by atoms with Crippen LogP contribution in [0, 0.1) is 6.92 Å². The molecule has 10 heteroatoms. The minimum Gasteiger partial charge on any atom is -0.320 e. The number of aryl methyl sites for hydroxylation is 1. The lowest BCUT2D eigenvalue weighted by Gasteiger charge is -2.08. The summed E-state index contributed by atoms with van der Waals surface area (Å²) in [5, 5.41) is 12.0. The Bertz CT molecular complexity index is 1200. The van der Waals surface area contributed by atoms with Gasteiger partial charge in [0, 0.05) is 15.2 Å². The van der Waals surface area contributed by atoms with E-state index in [1.54, 1.807) is 17.5 Å². The lowest BCUT2D eigenvalue weighted by atomic mass is 10.2. The van der Waals surface area contributed by atoms with Gasteiger partial charge in [0.2, 0.25) is 10.0 Å². The van der Waals surface area contributed by atoms with E-state index in [0.29, 0.717) is 16.1 Å². The third-order valence-corrected chi connectivity index (χ3v) is 5.94. The van der Waals surface area contributed by atoms with E-state index >= 15 is 0 Å². The Balaban J connectivity index is 0.00000210. The van der Waals surface area contributed by atoms with Gasteiger partial charge in [-0.15, -0.1) is 11.3 Å². The third kappa shape index (κ3) is 3.68. The lowest BCUT2D eigenvalue weighted by Crippen LogP contribution is -2.16. The number of fused-ring (bicyclic) bond motifs is 1. The molecule has 0 saturated carbocycles. The van der Waals surface area contributed by atoms with Crippen LogP contribution < -0.4 is 10.5 Å². The van der Waals surface area contributed by atoms with Crippen molar-refractivity contribution in [2.24, 2.45) is 5.14 Å². The first-order chi connectivity index (χ1) is 12.7. The van der Waals surface area contributed by atoms with Gasteiger partial charge in [-0.2, -0.15) is 5.10 Å². The highest BCUT2D eigenvalue weighted by atomic mass is 32.2. The van der Waals surface area contributed by atoms with E-state index < -0.39 is 15.9 Å². The van der Waals surface area contributed by atoms with Gasteiger partial charge >= 0.3 is 0 Å². The van der Waals surface area contributed by atoms with Crippen molar-refractivity contribution in [2.45, 2.75) is 18.7 Å². The van der Waals surface area contributed by atoms with Crippen LogP contribution in [0.5, 0.6) is 0 Å². The monoisotopic (exact) mass is 407 g/mol. The van der Waals surface area contributed by atoms with E-state index in [2.05, 4.69) is 22.0 Å². The molecule has 0 aliphatic heterocycles. The first kappa shape index (κ1) is 19.0. The normalized spacial score (nSPS) is 12.3. The van der Waals surface area contributed by atoms with Crippen molar-refractivity contribution in [1.29, 1.82) is 0 Å². The summed E-state index contributed by atoms with van der Waals surface area (Å²) < 4.78 is 24.6. The number of hydrogen-bond acceptors (Lipinski definition) is 6. The largest absolute Gasteiger partial charge is 0.320 e. The van der Waals surface area contributed by atoms with Crippen molar-refractivity contribution in [3.63, 3.8) is 0 Å². The second-order valence-electron chi connectivity index (χ2n) is 5.65. The number of nitrogens with zero attached hydrogens (tertiary/aromatic N) is 3. The molecule has 3 heterocycles. The molecule has 0 bridgehead atoms. The van der Waals surface area contributed by atoms with E-state index in [0.717, 1.165) is 16.6 Å². The van der Waals surface area contributed by atoms with Gasteiger partial charge in [0.15, 0.2) is 0 Å². The zero-order valence-electron chi connectivity index (χ0n) is 14.6. The highest BCUT2D eigenvalue weighted by Gasteiger charge is 2.18. The van der Waals surface area contributed by atoms with Crippen LogP contribution in [0.1, 0.15) is 30.7 Å². The smallest absolute Gasteiger partial charge is 0.260 e. The summed E-state index contributed by atoms with van der Waals surface area (Å²) in [6.45, 7) is 7.34. The van der Waals surface area contributed by atoms with Crippen LogP contribution in [-0.2, 0) is 10.0 Å². The summed E-state index contributed by atoms with van der Waals surface area (Å²) >= 11 is 1.41. The number of pyridine rings is 1. The number of thiazole rings is 1. The van der Waals surface area contributed by atoms with Gasteiger partial charge in [0.05, 0.1) is 28.0 Å². The van der Waals surface area contributed by atoms with Crippen molar-refractivity contribution in [3.8, 4) is 0 Å². The molecule has 1 amide bonds. The van der Waals surface area contributed by atoms with Crippen LogP contribution in [0.25, 0.3) is 10.4 Å². The summed E-state index contributed by atoms with van der Waals surface area (Å²) in [4.78, 5) is 18.1. The second kappa shape index (κ2) is 7.06. The highest BCUT2D eigenvalue weighted by Crippen LogP contribution is 2.28. The number of rotatable bonds is 5. The van der Waals surface area contributed by atoms with E-state index in [1.807, 2.05) is 19.2 Å². The number of aromatic nitrogens is 3. The zero-order valence-corrected chi connectivity index (χ0v) is 16.3. The highest BCUT2D eigenvalue weighted by molar-refractivity contribution is 7.89. The van der Waals surface area contributed by atoms with Crippen LogP contribution in [0.15, 0.2) is 48.3 Å². The van der Waals surface area contributed by atoms with E-state index in [4.69, 9.17) is 5.14 Å². The van der Waals surface area contributed by atoms with Crippen LogP contribution in [0.4, 0.5) is 5.69 Å². The molecule has 0 unspecified atom stereocenters. The molecule has 27 heavy (non-hydrogen) atoms. The van der Waals surface area contributed by atoms with E-state index in [1.165, 1.54) is 23.6 Å². The van der Waals surface area contributed by atoms with Gasteiger partial charge in [0.25, 0.3) is 5.91 Å². The molecule has 8 nitrogen and oxygen atoms in total. The number of carbonyl (C=O) groups is 1. The van der Waals surface area contributed by atoms with Gasteiger partial charge in [-0.3, -0.25) is 9.78 Å². The number of allylic oxidation sites excluding steroid dienone is 3. The molecular weight excluding hydrogens is 386 g/mol. The number of primary sulfonamides is 1. The Morgan fingerprint density at radius 3 is 2.81 bits per heavy atom. The van der Waals surface area contributed by atoms with E-state index in [9.17, 15) is 13.2 Å². The molecule has 3 rings (SSSR count). The van der Waals surface area contributed by atoms with Gasteiger partial charge in [-0.25, -0.2) is 18.1 Å². The Hall–Kier alpha value is -2.82. The average Bonchev–Trinajstić information content (AvgIpc) is 3.17. The summed E-state index contributed by atoms with van der Waals surface area (Å²) in [6, 6.07) is 1.28. The summed E-state index contributed by atoms with van der Waals surface area (Å²) in [7, 11) is -3.92. The van der Waals surface area contributed by atoms with E-state index in [-0.39, 0.29) is 13.4 Å². The number of carbonyl (C=O) groups excluding carboxylic acids is 1. The lowest BCUT2D eigenvalue weighted by molar-refractivity contribution is 0.102. The van der Waals surface area contributed by atoms with Gasteiger partial charge in [-0.05, 0) is 25.5 Å². The number of nitrogens with two attached hydrogens (primary N) is 1. The number of amides is 1. The van der Waals surface area contributed by atoms with Gasteiger partial charge < -0.3 is 5.32 Å². The molecule has 0 fully saturated rings. The first-order valence-corrected chi connectivity index (χ1v) is 10.2. The van der Waals surface area contributed by atoms with Crippen LogP contribution >= 0.6 is 11.3 Å². The SMILES string of the molecule is C=C/C(=C\C)c1cn2ncc(C(=O)Nc3cc(S(N)(=O)=O)cnc3C)c2s1.[HH].[HH]. The van der Waals surface area contributed by atoms with Gasteiger partial charge in [-0.1, -0.05) is 18.7 Å². The standard InChI is InChI=1S/C17H17N5O3S2.2H2/c1-4-11(5-2)15-9-22-17(26-15)13(8-20-22)16(23)21-14-6-12(27(18,24)25)7-19-10(14)3;;/h4-9H,1H2,2-3H3,(H,21,23)(H2,18,24,25);2*1H/b11-5+;;. The molecule has 0 aliphatic carbocycles. The summed E-state index contributed by atoms with van der Waals surface area (Å²) in [6.07, 6.45) is 8.09. The topological polar surface area (TPSA) is 119 Å². The molecule has 0 saturated heterocycles. The number of hydrogen-bond donors (Lipinski definition) is 2. The van der Waals surface area contributed by atoms with Crippen molar-refractivity contribution < 1.29 is 16.1 Å². The van der Waals surface area contributed by atoms with Crippen molar-refractivity contribution >= 4 is 43.4 Å². The maximum Gasteiger partial charge on any atom is 0.260 e.